The Morgan fingerprint density at radius 2 is 1.57 bits per heavy atom. The molecule has 10 heteroatoms. The van der Waals surface area contributed by atoms with Crippen molar-refractivity contribution < 1.29 is 34.0 Å². The van der Waals surface area contributed by atoms with Gasteiger partial charge < -0.3 is 35.1 Å². The highest BCUT2D eigenvalue weighted by Gasteiger charge is 2.35. The molecule has 10 nitrogen and oxygen atoms in total. The molecule has 2 amide bonds. The molecule has 7 atom stereocenters. The lowest BCUT2D eigenvalue weighted by atomic mass is 9.88. The molecule has 4 N–H and O–H groups in total. The average molecular weight is 702 g/mol. The van der Waals surface area contributed by atoms with E-state index in [0.29, 0.717) is 25.9 Å². The lowest BCUT2D eigenvalue weighted by Crippen LogP contribution is -2.48. The third-order valence-corrected chi connectivity index (χ3v) is 9.44. The molecule has 1 aliphatic carbocycles. The number of amides is 2. The number of rotatable bonds is 14. The van der Waals surface area contributed by atoms with Gasteiger partial charge in [0.25, 0.3) is 0 Å². The molecule has 5 rings (SSSR count). The molecule has 51 heavy (non-hydrogen) atoms. The highest BCUT2D eigenvalue weighted by Crippen LogP contribution is 2.32. The first-order valence-corrected chi connectivity index (χ1v) is 18.2. The van der Waals surface area contributed by atoms with Crippen LogP contribution in [0.4, 0.5) is 4.79 Å². The Labute approximate surface area is 302 Å². The maximum absolute atomic E-state index is 14.1. The number of nitrogens with one attached hydrogen (secondary N) is 2. The highest BCUT2D eigenvalue weighted by atomic mass is 16.6. The van der Waals surface area contributed by atoms with Crippen molar-refractivity contribution in [3.05, 3.63) is 101 Å². The predicted molar refractivity (Wildman–Crippen MR) is 197 cm³/mol. The third kappa shape index (κ3) is 11.5. The van der Waals surface area contributed by atoms with Crippen LogP contribution in [0.25, 0.3) is 0 Å². The zero-order valence-electron chi connectivity index (χ0n) is 30.6. The van der Waals surface area contributed by atoms with Gasteiger partial charge in [0.15, 0.2) is 0 Å². The van der Waals surface area contributed by atoms with Crippen molar-refractivity contribution in [2.75, 3.05) is 26.2 Å². The predicted octanol–water partition coefficient (Wildman–Crippen LogP) is 4.99. The molecule has 0 saturated carbocycles. The van der Waals surface area contributed by atoms with Crippen LogP contribution in [0.2, 0.25) is 0 Å². The maximum atomic E-state index is 14.1. The van der Waals surface area contributed by atoms with E-state index < -0.39 is 41.9 Å². The van der Waals surface area contributed by atoms with Crippen molar-refractivity contribution in [1.29, 1.82) is 0 Å². The molecule has 7 unspecified atom stereocenters. The fraction of sp³-hybridized carbons (Fsp3) is 0.512. The molecule has 0 spiro atoms. The molecule has 2 aliphatic rings. The first-order chi connectivity index (χ1) is 24.3. The van der Waals surface area contributed by atoms with E-state index in [1.165, 1.54) is 0 Å². The van der Waals surface area contributed by atoms with Crippen molar-refractivity contribution in [2.45, 2.75) is 102 Å². The fourth-order valence-electron chi connectivity index (χ4n) is 7.13. The standard InChI is InChI=1S/C41H55N3O7/c1-27-25-44(26-28(2)50-27)19-20-49-33-17-15-30(16-18-33)21-32(39(47)43-38-34-14-10-9-13-31(34)23-37(38)46)24-36(45)35(22-29-11-7-6-8-12-29)42-40(48)51-41(3,4)5/h6-18,27-28,32,35-38,45-46H,19-26H2,1-5H3,(H,42,48)(H,43,47). The number of nitrogens with zero attached hydrogens (tertiary/aromatic N) is 1. The van der Waals surface area contributed by atoms with E-state index in [-0.39, 0.29) is 24.5 Å². The second-order valence-corrected chi connectivity index (χ2v) is 15.1. The van der Waals surface area contributed by atoms with Gasteiger partial charge in [-0.15, -0.1) is 0 Å². The number of ether oxygens (including phenoxy) is 3. The average Bonchev–Trinajstić information content (AvgIpc) is 3.38. The second-order valence-electron chi connectivity index (χ2n) is 15.1. The number of alkyl carbamates (subject to hydrolysis) is 1. The minimum atomic E-state index is -1.08. The number of aliphatic hydroxyl groups excluding tert-OH is 2. The molecule has 1 heterocycles. The molecular formula is C41H55N3O7. The van der Waals surface area contributed by atoms with Gasteiger partial charge in [-0.2, -0.15) is 0 Å². The van der Waals surface area contributed by atoms with Crippen LogP contribution in [0.15, 0.2) is 78.9 Å². The number of fused-ring (bicyclic) bond motifs is 1. The molecular weight excluding hydrogens is 646 g/mol. The van der Waals surface area contributed by atoms with Gasteiger partial charge >= 0.3 is 6.09 Å². The summed E-state index contributed by atoms with van der Waals surface area (Å²) in [6.45, 7) is 12.6. The minimum Gasteiger partial charge on any atom is -0.492 e. The SMILES string of the molecule is CC1CN(CCOc2ccc(CC(CC(O)C(Cc3ccccc3)NC(=O)OC(C)(C)C)C(=O)NC3c4ccccc4CC3O)cc2)CC(C)O1. The summed E-state index contributed by atoms with van der Waals surface area (Å²) in [6.07, 6.45) is -0.867. The smallest absolute Gasteiger partial charge is 0.407 e. The summed E-state index contributed by atoms with van der Waals surface area (Å²) in [7, 11) is 0. The lowest BCUT2D eigenvalue weighted by Gasteiger charge is -2.35. The van der Waals surface area contributed by atoms with Crippen molar-refractivity contribution in [2.24, 2.45) is 5.92 Å². The zero-order chi connectivity index (χ0) is 36.5. The maximum Gasteiger partial charge on any atom is 0.407 e. The monoisotopic (exact) mass is 701 g/mol. The minimum absolute atomic E-state index is 0.0677. The summed E-state index contributed by atoms with van der Waals surface area (Å²) in [5.41, 5.74) is 3.01. The summed E-state index contributed by atoms with van der Waals surface area (Å²) in [6, 6.07) is 23.8. The Morgan fingerprint density at radius 3 is 2.25 bits per heavy atom. The van der Waals surface area contributed by atoms with Gasteiger partial charge in [-0.25, -0.2) is 4.79 Å². The van der Waals surface area contributed by atoms with Gasteiger partial charge in [-0.3, -0.25) is 9.69 Å². The second kappa shape index (κ2) is 17.5. The van der Waals surface area contributed by atoms with Gasteiger partial charge in [0.1, 0.15) is 18.0 Å². The van der Waals surface area contributed by atoms with Crippen LogP contribution >= 0.6 is 0 Å². The first kappa shape index (κ1) is 38.3. The zero-order valence-corrected chi connectivity index (χ0v) is 30.6. The topological polar surface area (TPSA) is 130 Å². The van der Waals surface area contributed by atoms with E-state index in [4.69, 9.17) is 14.2 Å². The molecule has 1 aliphatic heterocycles. The van der Waals surface area contributed by atoms with Crippen molar-refractivity contribution >= 4 is 12.0 Å². The molecule has 0 bridgehead atoms. The third-order valence-electron chi connectivity index (χ3n) is 9.44. The Hall–Kier alpha value is -3.96. The Morgan fingerprint density at radius 1 is 0.922 bits per heavy atom. The first-order valence-electron chi connectivity index (χ1n) is 18.2. The quantitative estimate of drug-likeness (QED) is 0.185. The van der Waals surface area contributed by atoms with Gasteiger partial charge in [0.05, 0.1) is 36.5 Å². The van der Waals surface area contributed by atoms with E-state index in [0.717, 1.165) is 47.6 Å². The molecule has 3 aromatic rings. The van der Waals surface area contributed by atoms with E-state index in [1.54, 1.807) is 20.8 Å². The number of carbonyl (C=O) groups is 2. The summed E-state index contributed by atoms with van der Waals surface area (Å²) >= 11 is 0. The number of benzene rings is 3. The molecule has 3 aromatic carbocycles. The van der Waals surface area contributed by atoms with Crippen LogP contribution in [-0.2, 0) is 33.5 Å². The van der Waals surface area contributed by atoms with Gasteiger partial charge in [0.2, 0.25) is 5.91 Å². The van der Waals surface area contributed by atoms with Gasteiger partial charge in [-0.05, 0) is 88.3 Å². The molecule has 1 saturated heterocycles. The van der Waals surface area contributed by atoms with Crippen molar-refractivity contribution in [3.8, 4) is 5.75 Å². The van der Waals surface area contributed by atoms with Gasteiger partial charge in [0, 0.05) is 32.0 Å². The molecule has 0 aromatic heterocycles. The molecule has 1 fully saturated rings. The lowest BCUT2D eigenvalue weighted by molar-refractivity contribution is -0.127. The number of hydrogen-bond donors (Lipinski definition) is 4. The summed E-state index contributed by atoms with van der Waals surface area (Å²) in [5.74, 6) is -0.208. The number of aliphatic hydroxyl groups is 2. The van der Waals surface area contributed by atoms with Crippen LogP contribution in [0.1, 0.15) is 69.3 Å². The molecule has 276 valence electrons. The summed E-state index contributed by atoms with van der Waals surface area (Å²) < 4.78 is 17.4. The van der Waals surface area contributed by atoms with E-state index in [9.17, 15) is 19.8 Å². The van der Waals surface area contributed by atoms with E-state index in [1.807, 2.05) is 78.9 Å². The van der Waals surface area contributed by atoms with Crippen LogP contribution in [0, 0.1) is 5.92 Å². The normalized spacial score (nSPS) is 22.3. The van der Waals surface area contributed by atoms with Crippen LogP contribution in [0.5, 0.6) is 5.75 Å². The number of morpholine rings is 1. The van der Waals surface area contributed by atoms with Crippen LogP contribution in [0.3, 0.4) is 0 Å². The van der Waals surface area contributed by atoms with Crippen molar-refractivity contribution in [3.63, 3.8) is 0 Å². The highest BCUT2D eigenvalue weighted by molar-refractivity contribution is 5.80. The largest absolute Gasteiger partial charge is 0.492 e. The Kier molecular flexibility index (Phi) is 13.1. The van der Waals surface area contributed by atoms with Crippen LogP contribution in [-0.4, -0.2) is 89.4 Å². The Balaban J connectivity index is 1.30. The number of carbonyl (C=O) groups excluding carboxylic acids is 2. The van der Waals surface area contributed by atoms with E-state index >= 15 is 0 Å². The van der Waals surface area contributed by atoms with E-state index in [2.05, 4.69) is 29.4 Å². The van der Waals surface area contributed by atoms with Crippen LogP contribution < -0.4 is 15.4 Å². The summed E-state index contributed by atoms with van der Waals surface area (Å²) in [4.78, 5) is 29.4. The fourth-order valence-corrected chi connectivity index (χ4v) is 7.13. The Bertz CT molecular complexity index is 1550. The van der Waals surface area contributed by atoms with Gasteiger partial charge in [-0.1, -0.05) is 66.7 Å². The number of hydrogen-bond acceptors (Lipinski definition) is 8. The summed E-state index contributed by atoms with van der Waals surface area (Å²) in [5, 5.41) is 28.6. The molecule has 0 radical (unpaired) electrons. The van der Waals surface area contributed by atoms with Crippen molar-refractivity contribution in [1.82, 2.24) is 15.5 Å².